The minimum atomic E-state index is -0.600. The molecule has 0 fully saturated rings. The van der Waals surface area contributed by atoms with Crippen LogP contribution in [0, 0.1) is 0 Å². The molecule has 0 atom stereocenters. The zero-order chi connectivity index (χ0) is 7.11. The number of carbonyl (C=O) groups excluding carboxylic acids is 3. The monoisotopic (exact) mass is 127 g/mol. The van der Waals surface area contributed by atoms with E-state index in [-0.39, 0.29) is 6.41 Å². The van der Waals surface area contributed by atoms with Crippen molar-refractivity contribution in [3.8, 4) is 0 Å². The molecule has 0 heterocycles. The molecule has 4 heteroatoms. The molecular formula is C5H5NO3. The molecule has 9 heavy (non-hydrogen) atoms. The van der Waals surface area contributed by atoms with Gasteiger partial charge in [-0.3, -0.25) is 19.7 Å². The molecule has 0 aliphatic heterocycles. The van der Waals surface area contributed by atoms with E-state index in [1.54, 1.807) is 0 Å². The molecule has 0 saturated carbocycles. The van der Waals surface area contributed by atoms with E-state index in [0.717, 1.165) is 12.2 Å². The minimum absolute atomic E-state index is 0.247. The van der Waals surface area contributed by atoms with E-state index < -0.39 is 5.91 Å². The van der Waals surface area contributed by atoms with Gasteiger partial charge in [0.05, 0.1) is 0 Å². The summed E-state index contributed by atoms with van der Waals surface area (Å²) < 4.78 is 0. The zero-order valence-corrected chi connectivity index (χ0v) is 4.53. The summed E-state index contributed by atoms with van der Waals surface area (Å²) in [6, 6.07) is 0. The van der Waals surface area contributed by atoms with Crippen molar-refractivity contribution in [3.05, 3.63) is 12.2 Å². The summed E-state index contributed by atoms with van der Waals surface area (Å²) in [5.41, 5.74) is 0. The van der Waals surface area contributed by atoms with Crippen molar-refractivity contribution in [1.82, 2.24) is 5.32 Å². The van der Waals surface area contributed by atoms with Crippen LogP contribution in [0.2, 0.25) is 0 Å². The summed E-state index contributed by atoms with van der Waals surface area (Å²) >= 11 is 0. The third-order valence-corrected chi connectivity index (χ3v) is 0.527. The largest absolute Gasteiger partial charge is 0.299 e. The Balaban J connectivity index is 3.61. The quantitative estimate of drug-likeness (QED) is 0.391. The molecule has 4 nitrogen and oxygen atoms in total. The van der Waals surface area contributed by atoms with Crippen LogP contribution in [0.1, 0.15) is 0 Å². The van der Waals surface area contributed by atoms with Gasteiger partial charge in [0.25, 0.3) is 0 Å². The number of carbonyl (C=O) groups is 3. The maximum absolute atomic E-state index is 10.2. The molecule has 0 bridgehead atoms. The zero-order valence-electron chi connectivity index (χ0n) is 4.53. The summed E-state index contributed by atoms with van der Waals surface area (Å²) in [5, 5.41) is 1.82. The molecule has 1 N–H and O–H groups in total. The highest BCUT2D eigenvalue weighted by Gasteiger charge is 1.87. The Labute approximate surface area is 51.5 Å². The van der Waals surface area contributed by atoms with Gasteiger partial charge in [-0.05, 0) is 6.08 Å². The number of hydrogen-bond donors (Lipinski definition) is 1. The Hall–Kier alpha value is -1.45. The average Bonchev–Trinajstić information content (AvgIpc) is 1.85. The van der Waals surface area contributed by atoms with Crippen molar-refractivity contribution in [2.75, 3.05) is 0 Å². The second-order valence-electron chi connectivity index (χ2n) is 1.12. The van der Waals surface area contributed by atoms with Crippen LogP contribution >= 0.6 is 0 Å². The first-order valence-corrected chi connectivity index (χ1v) is 2.17. The molecule has 0 aliphatic carbocycles. The maximum atomic E-state index is 10.2. The first-order valence-electron chi connectivity index (χ1n) is 2.17. The van der Waals surface area contributed by atoms with Gasteiger partial charge in [0, 0.05) is 6.08 Å². The SMILES string of the molecule is O=C/C=C/C(=O)NC=O. The Morgan fingerprint density at radius 2 is 2.00 bits per heavy atom. The average molecular weight is 127 g/mol. The van der Waals surface area contributed by atoms with Gasteiger partial charge in [0.15, 0.2) is 0 Å². The molecule has 0 aromatic rings. The second-order valence-corrected chi connectivity index (χ2v) is 1.12. The number of hydrogen-bond acceptors (Lipinski definition) is 3. The lowest BCUT2D eigenvalue weighted by atomic mass is 10.5. The number of amides is 2. The standard InChI is InChI=1S/C5H5NO3/c7-3-1-2-5(9)6-4-8/h1-4H,(H,6,8,9)/b2-1+. The highest BCUT2D eigenvalue weighted by Crippen LogP contribution is 1.65. The smallest absolute Gasteiger partial charge is 0.250 e. The van der Waals surface area contributed by atoms with Crippen LogP contribution in [0.3, 0.4) is 0 Å². The van der Waals surface area contributed by atoms with Gasteiger partial charge in [-0.1, -0.05) is 0 Å². The van der Waals surface area contributed by atoms with E-state index in [1.165, 1.54) is 0 Å². The van der Waals surface area contributed by atoms with Crippen molar-refractivity contribution < 1.29 is 14.4 Å². The summed E-state index contributed by atoms with van der Waals surface area (Å²) in [6.07, 6.45) is 2.65. The Morgan fingerprint density at radius 1 is 1.33 bits per heavy atom. The van der Waals surface area contributed by atoms with E-state index in [4.69, 9.17) is 0 Å². The topological polar surface area (TPSA) is 63.2 Å². The normalized spacial score (nSPS) is 8.89. The Kier molecular flexibility index (Phi) is 3.95. The van der Waals surface area contributed by atoms with Gasteiger partial charge in [0.1, 0.15) is 6.29 Å². The van der Waals surface area contributed by atoms with Crippen molar-refractivity contribution in [1.29, 1.82) is 0 Å². The molecule has 0 radical (unpaired) electrons. The third-order valence-electron chi connectivity index (χ3n) is 0.527. The summed E-state index contributed by atoms with van der Waals surface area (Å²) in [5.74, 6) is -0.600. The maximum Gasteiger partial charge on any atom is 0.250 e. The molecule has 0 aliphatic rings. The molecule has 0 rings (SSSR count). The lowest BCUT2D eigenvalue weighted by Crippen LogP contribution is -2.18. The lowest BCUT2D eigenvalue weighted by Gasteiger charge is -1.83. The van der Waals surface area contributed by atoms with E-state index >= 15 is 0 Å². The van der Waals surface area contributed by atoms with E-state index in [1.807, 2.05) is 5.32 Å². The fraction of sp³-hybridized carbons (Fsp3) is 0. The van der Waals surface area contributed by atoms with Crippen LogP contribution in [0.5, 0.6) is 0 Å². The van der Waals surface area contributed by atoms with Crippen LogP contribution in [0.25, 0.3) is 0 Å². The van der Waals surface area contributed by atoms with Crippen LogP contribution in [-0.2, 0) is 14.4 Å². The molecule has 0 unspecified atom stereocenters. The molecule has 0 aromatic carbocycles. The highest BCUT2D eigenvalue weighted by molar-refractivity contribution is 5.96. The molecule has 0 spiro atoms. The fourth-order valence-corrected chi connectivity index (χ4v) is 0.233. The third kappa shape index (κ3) is 4.40. The highest BCUT2D eigenvalue weighted by atomic mass is 16.2. The molecular weight excluding hydrogens is 122 g/mol. The Bertz CT molecular complexity index is 150. The predicted octanol–water partition coefficient (Wildman–Crippen LogP) is -0.986. The Morgan fingerprint density at radius 3 is 2.44 bits per heavy atom. The fourth-order valence-electron chi connectivity index (χ4n) is 0.233. The molecule has 48 valence electrons. The van der Waals surface area contributed by atoms with Gasteiger partial charge < -0.3 is 0 Å². The number of nitrogens with one attached hydrogen (secondary N) is 1. The lowest BCUT2D eigenvalue weighted by molar-refractivity contribution is -0.121. The predicted molar refractivity (Wildman–Crippen MR) is 29.4 cm³/mol. The second kappa shape index (κ2) is 4.70. The number of imide groups is 1. The van der Waals surface area contributed by atoms with E-state index in [9.17, 15) is 14.4 Å². The van der Waals surface area contributed by atoms with Crippen LogP contribution in [-0.4, -0.2) is 18.6 Å². The van der Waals surface area contributed by atoms with Crippen LogP contribution in [0.4, 0.5) is 0 Å². The summed E-state index contributed by atoms with van der Waals surface area (Å²) in [4.78, 5) is 29.3. The molecule has 2 amide bonds. The number of aldehydes is 1. The first kappa shape index (κ1) is 7.55. The van der Waals surface area contributed by atoms with Crippen molar-refractivity contribution in [2.24, 2.45) is 0 Å². The van der Waals surface area contributed by atoms with Crippen molar-refractivity contribution >= 4 is 18.6 Å². The van der Waals surface area contributed by atoms with Crippen molar-refractivity contribution in [3.63, 3.8) is 0 Å². The van der Waals surface area contributed by atoms with Gasteiger partial charge in [-0.15, -0.1) is 0 Å². The minimum Gasteiger partial charge on any atom is -0.299 e. The van der Waals surface area contributed by atoms with Gasteiger partial charge in [-0.2, -0.15) is 0 Å². The van der Waals surface area contributed by atoms with Gasteiger partial charge in [0.2, 0.25) is 12.3 Å². The van der Waals surface area contributed by atoms with Crippen LogP contribution in [0.15, 0.2) is 12.2 Å². The number of allylic oxidation sites excluding steroid dienone is 1. The number of rotatable bonds is 3. The van der Waals surface area contributed by atoms with Gasteiger partial charge in [-0.25, -0.2) is 0 Å². The van der Waals surface area contributed by atoms with Crippen molar-refractivity contribution in [2.45, 2.75) is 0 Å². The van der Waals surface area contributed by atoms with E-state index in [0.29, 0.717) is 6.29 Å². The molecule has 0 saturated heterocycles. The van der Waals surface area contributed by atoms with Gasteiger partial charge >= 0.3 is 0 Å². The summed E-state index contributed by atoms with van der Waals surface area (Å²) in [7, 11) is 0. The summed E-state index contributed by atoms with van der Waals surface area (Å²) in [6.45, 7) is 0. The van der Waals surface area contributed by atoms with E-state index in [2.05, 4.69) is 0 Å². The molecule has 0 aromatic heterocycles. The first-order chi connectivity index (χ1) is 4.31. The van der Waals surface area contributed by atoms with Crippen LogP contribution < -0.4 is 5.32 Å².